The average molecular weight is 254 g/mol. The van der Waals surface area contributed by atoms with Gasteiger partial charge < -0.3 is 4.98 Å². The summed E-state index contributed by atoms with van der Waals surface area (Å²) in [6.45, 7) is 6.28. The number of halogens is 1. The Labute approximate surface area is 91.1 Å². The molecular formula is C10H12BrN3. The third kappa shape index (κ3) is 1.43. The monoisotopic (exact) mass is 253 g/mol. The molecule has 3 nitrogen and oxygen atoms in total. The van der Waals surface area contributed by atoms with E-state index in [0.29, 0.717) is 5.92 Å². The lowest BCUT2D eigenvalue weighted by molar-refractivity contribution is 0.798. The van der Waals surface area contributed by atoms with E-state index in [4.69, 9.17) is 0 Å². The van der Waals surface area contributed by atoms with Crippen molar-refractivity contribution in [2.24, 2.45) is 0 Å². The van der Waals surface area contributed by atoms with Crippen LogP contribution in [0.5, 0.6) is 0 Å². The van der Waals surface area contributed by atoms with Gasteiger partial charge >= 0.3 is 0 Å². The van der Waals surface area contributed by atoms with E-state index >= 15 is 0 Å². The summed E-state index contributed by atoms with van der Waals surface area (Å²) in [6.07, 6.45) is 1.79. The SMILES string of the molecule is Cc1c(Br)cnc2nc(C(C)C)[nH]c12. The minimum atomic E-state index is 0.405. The summed E-state index contributed by atoms with van der Waals surface area (Å²) >= 11 is 3.45. The zero-order chi connectivity index (χ0) is 10.3. The molecular weight excluding hydrogens is 242 g/mol. The molecule has 0 saturated carbocycles. The highest BCUT2D eigenvalue weighted by molar-refractivity contribution is 9.10. The van der Waals surface area contributed by atoms with Crippen molar-refractivity contribution in [1.82, 2.24) is 15.0 Å². The standard InChI is InChI=1S/C10H12BrN3/c1-5(2)9-13-8-6(3)7(11)4-12-10(8)14-9/h4-5H,1-3H3,(H,12,13,14). The predicted molar refractivity (Wildman–Crippen MR) is 60.4 cm³/mol. The van der Waals surface area contributed by atoms with Crippen LogP contribution in [-0.2, 0) is 0 Å². The average Bonchev–Trinajstić information content (AvgIpc) is 2.56. The maximum absolute atomic E-state index is 4.43. The number of H-pyrrole nitrogens is 1. The van der Waals surface area contributed by atoms with Crippen molar-refractivity contribution >= 4 is 27.1 Å². The summed E-state index contributed by atoms with van der Waals surface area (Å²) < 4.78 is 1.02. The lowest BCUT2D eigenvalue weighted by atomic mass is 10.2. The molecule has 2 aromatic rings. The molecule has 74 valence electrons. The highest BCUT2D eigenvalue weighted by atomic mass is 79.9. The first-order valence-corrected chi connectivity index (χ1v) is 5.39. The van der Waals surface area contributed by atoms with Gasteiger partial charge in [-0.05, 0) is 28.4 Å². The molecule has 2 aromatic heterocycles. The van der Waals surface area contributed by atoms with Crippen molar-refractivity contribution in [3.05, 3.63) is 22.1 Å². The number of aryl methyl sites for hydroxylation is 1. The van der Waals surface area contributed by atoms with Gasteiger partial charge in [0.1, 0.15) is 5.82 Å². The third-order valence-electron chi connectivity index (χ3n) is 2.28. The first-order valence-electron chi connectivity index (χ1n) is 4.60. The van der Waals surface area contributed by atoms with Crippen LogP contribution in [0.3, 0.4) is 0 Å². The Morgan fingerprint density at radius 3 is 2.79 bits per heavy atom. The number of aromatic nitrogens is 3. The first-order chi connectivity index (χ1) is 6.59. The second-order valence-electron chi connectivity index (χ2n) is 3.71. The predicted octanol–water partition coefficient (Wildman–Crippen LogP) is 3.15. The van der Waals surface area contributed by atoms with E-state index in [1.165, 1.54) is 0 Å². The van der Waals surface area contributed by atoms with Crippen molar-refractivity contribution < 1.29 is 0 Å². The molecule has 0 bridgehead atoms. The molecule has 0 unspecified atom stereocenters. The number of hydrogen-bond acceptors (Lipinski definition) is 2. The number of fused-ring (bicyclic) bond motifs is 1. The third-order valence-corrected chi connectivity index (χ3v) is 3.08. The summed E-state index contributed by atoms with van der Waals surface area (Å²) in [6, 6.07) is 0. The van der Waals surface area contributed by atoms with E-state index < -0.39 is 0 Å². The summed E-state index contributed by atoms with van der Waals surface area (Å²) in [4.78, 5) is 12.0. The van der Waals surface area contributed by atoms with Gasteiger partial charge in [-0.3, -0.25) is 0 Å². The quantitative estimate of drug-likeness (QED) is 0.849. The molecule has 0 amide bonds. The molecule has 4 heteroatoms. The van der Waals surface area contributed by atoms with Crippen molar-refractivity contribution in [3.8, 4) is 0 Å². The van der Waals surface area contributed by atoms with Crippen molar-refractivity contribution in [3.63, 3.8) is 0 Å². The molecule has 0 aliphatic carbocycles. The van der Waals surface area contributed by atoms with Gasteiger partial charge in [0.15, 0.2) is 5.65 Å². The molecule has 0 fully saturated rings. The molecule has 0 radical (unpaired) electrons. The van der Waals surface area contributed by atoms with Gasteiger partial charge in [0, 0.05) is 16.6 Å². The maximum Gasteiger partial charge on any atom is 0.178 e. The van der Waals surface area contributed by atoms with E-state index in [1.54, 1.807) is 6.20 Å². The van der Waals surface area contributed by atoms with Gasteiger partial charge in [0.05, 0.1) is 5.52 Å². The second-order valence-corrected chi connectivity index (χ2v) is 4.56. The minimum Gasteiger partial charge on any atom is -0.340 e. The Bertz CT molecular complexity index is 473. The zero-order valence-electron chi connectivity index (χ0n) is 8.43. The van der Waals surface area contributed by atoms with E-state index in [1.807, 2.05) is 0 Å². The first kappa shape index (κ1) is 9.65. The Morgan fingerprint density at radius 1 is 1.43 bits per heavy atom. The topological polar surface area (TPSA) is 41.6 Å². The van der Waals surface area contributed by atoms with Crippen LogP contribution in [0.4, 0.5) is 0 Å². The number of hydrogen-bond donors (Lipinski definition) is 1. The number of imidazole rings is 1. The van der Waals surface area contributed by atoms with Crippen LogP contribution in [0, 0.1) is 6.92 Å². The van der Waals surface area contributed by atoms with Crippen molar-refractivity contribution in [2.45, 2.75) is 26.7 Å². The molecule has 1 N–H and O–H groups in total. The Morgan fingerprint density at radius 2 is 2.14 bits per heavy atom. The summed E-state index contributed by atoms with van der Waals surface area (Å²) in [5, 5.41) is 0. The molecule has 2 heterocycles. The Hall–Kier alpha value is -0.900. The van der Waals surface area contributed by atoms with Crippen LogP contribution in [-0.4, -0.2) is 15.0 Å². The van der Waals surface area contributed by atoms with Crippen LogP contribution in [0.1, 0.15) is 31.2 Å². The van der Waals surface area contributed by atoms with Crippen LogP contribution in [0.2, 0.25) is 0 Å². The zero-order valence-corrected chi connectivity index (χ0v) is 10.0. The fraction of sp³-hybridized carbons (Fsp3) is 0.400. The highest BCUT2D eigenvalue weighted by Gasteiger charge is 2.10. The van der Waals surface area contributed by atoms with Gasteiger partial charge in [-0.1, -0.05) is 13.8 Å². The number of nitrogens with zero attached hydrogens (tertiary/aromatic N) is 2. The molecule has 0 atom stereocenters. The van der Waals surface area contributed by atoms with E-state index in [0.717, 1.165) is 27.0 Å². The summed E-state index contributed by atoms with van der Waals surface area (Å²) in [5.74, 6) is 1.40. The Balaban J connectivity index is 2.71. The minimum absolute atomic E-state index is 0.405. The van der Waals surface area contributed by atoms with Crippen LogP contribution >= 0.6 is 15.9 Å². The Kier molecular flexibility index (Phi) is 2.31. The summed E-state index contributed by atoms with van der Waals surface area (Å²) in [5.41, 5.74) is 2.99. The van der Waals surface area contributed by atoms with Crippen LogP contribution in [0.25, 0.3) is 11.2 Å². The number of rotatable bonds is 1. The van der Waals surface area contributed by atoms with Crippen molar-refractivity contribution in [1.29, 1.82) is 0 Å². The number of pyridine rings is 1. The van der Waals surface area contributed by atoms with Gasteiger partial charge in [0.25, 0.3) is 0 Å². The van der Waals surface area contributed by atoms with Gasteiger partial charge in [-0.25, -0.2) is 9.97 Å². The fourth-order valence-electron chi connectivity index (χ4n) is 1.34. The normalized spacial score (nSPS) is 11.5. The molecule has 14 heavy (non-hydrogen) atoms. The number of aromatic amines is 1. The fourth-order valence-corrected chi connectivity index (χ4v) is 1.64. The summed E-state index contributed by atoms with van der Waals surface area (Å²) in [7, 11) is 0. The molecule has 0 aromatic carbocycles. The van der Waals surface area contributed by atoms with Gasteiger partial charge in [0.2, 0.25) is 0 Å². The molecule has 0 spiro atoms. The van der Waals surface area contributed by atoms with E-state index in [-0.39, 0.29) is 0 Å². The lowest BCUT2D eigenvalue weighted by Crippen LogP contribution is -1.88. The van der Waals surface area contributed by atoms with Crippen LogP contribution < -0.4 is 0 Å². The molecule has 0 aliphatic rings. The van der Waals surface area contributed by atoms with Crippen molar-refractivity contribution in [2.75, 3.05) is 0 Å². The second kappa shape index (κ2) is 3.35. The van der Waals surface area contributed by atoms with Gasteiger partial charge in [-0.15, -0.1) is 0 Å². The van der Waals surface area contributed by atoms with E-state index in [2.05, 4.69) is 51.7 Å². The molecule has 0 saturated heterocycles. The van der Waals surface area contributed by atoms with Crippen LogP contribution in [0.15, 0.2) is 10.7 Å². The molecule has 0 aliphatic heterocycles. The number of nitrogens with one attached hydrogen (secondary N) is 1. The highest BCUT2D eigenvalue weighted by Crippen LogP contribution is 2.23. The lowest BCUT2D eigenvalue weighted by Gasteiger charge is -1.97. The van der Waals surface area contributed by atoms with E-state index in [9.17, 15) is 0 Å². The largest absolute Gasteiger partial charge is 0.340 e. The smallest absolute Gasteiger partial charge is 0.178 e. The molecule has 2 rings (SSSR count). The maximum atomic E-state index is 4.43. The van der Waals surface area contributed by atoms with Gasteiger partial charge in [-0.2, -0.15) is 0 Å².